The number of amides is 1. The molecule has 1 aromatic carbocycles. The number of rotatable bonds is 6. The maximum atomic E-state index is 13.0. The monoisotopic (exact) mass is 474 g/mol. The van der Waals surface area contributed by atoms with Gasteiger partial charge in [0.1, 0.15) is 4.21 Å². The van der Waals surface area contributed by atoms with Gasteiger partial charge in [0.25, 0.3) is 10.0 Å². The van der Waals surface area contributed by atoms with E-state index in [9.17, 15) is 18.0 Å². The molecule has 1 saturated heterocycles. The zero-order valence-electron chi connectivity index (χ0n) is 17.6. The van der Waals surface area contributed by atoms with E-state index in [4.69, 9.17) is 4.52 Å². The number of nitrogens with zero attached hydrogens (tertiary/aromatic N) is 3. The summed E-state index contributed by atoms with van der Waals surface area (Å²) in [5, 5.41) is 8.34. The molecule has 3 aromatic rings. The van der Waals surface area contributed by atoms with E-state index < -0.39 is 10.0 Å². The van der Waals surface area contributed by atoms with E-state index >= 15 is 0 Å². The molecule has 0 unspecified atom stereocenters. The SMILES string of the molecule is CC(=O)c1cccc(NC(=O)C2CCN(S(=O)(=O)c3cc(-c4noc(C)n4)cs3)CC2)c1. The molecular weight excluding hydrogens is 452 g/mol. The Bertz CT molecular complexity index is 1260. The maximum Gasteiger partial charge on any atom is 0.252 e. The van der Waals surface area contributed by atoms with Gasteiger partial charge in [0, 0.05) is 48.1 Å². The molecule has 0 bridgehead atoms. The van der Waals surface area contributed by atoms with Gasteiger partial charge in [0.15, 0.2) is 5.78 Å². The first kappa shape index (κ1) is 22.3. The second-order valence-electron chi connectivity index (χ2n) is 7.60. The third-order valence-electron chi connectivity index (χ3n) is 5.32. The number of sulfonamides is 1. The topological polar surface area (TPSA) is 122 Å². The van der Waals surface area contributed by atoms with Crippen molar-refractivity contribution in [1.29, 1.82) is 0 Å². The Kier molecular flexibility index (Phi) is 6.22. The van der Waals surface area contributed by atoms with Gasteiger partial charge in [0.2, 0.25) is 17.6 Å². The molecule has 0 spiro atoms. The summed E-state index contributed by atoms with van der Waals surface area (Å²) in [5.74, 6) is 0.205. The molecular formula is C21H22N4O5S2. The fourth-order valence-corrected chi connectivity index (χ4v) is 6.31. The number of aromatic nitrogens is 2. The molecule has 1 fully saturated rings. The number of anilines is 1. The Hall–Kier alpha value is -2.89. The van der Waals surface area contributed by atoms with E-state index in [0.717, 1.165) is 11.3 Å². The summed E-state index contributed by atoms with van der Waals surface area (Å²) in [6.07, 6.45) is 0.833. The van der Waals surface area contributed by atoms with Crippen molar-refractivity contribution < 1.29 is 22.5 Å². The summed E-state index contributed by atoms with van der Waals surface area (Å²) in [4.78, 5) is 28.3. The third-order valence-corrected chi connectivity index (χ3v) is 8.63. The van der Waals surface area contributed by atoms with Crippen LogP contribution in [0.1, 0.15) is 36.0 Å². The quantitative estimate of drug-likeness (QED) is 0.544. The van der Waals surface area contributed by atoms with Gasteiger partial charge in [0.05, 0.1) is 0 Å². The first-order chi connectivity index (χ1) is 15.2. The van der Waals surface area contributed by atoms with Crippen LogP contribution in [0.5, 0.6) is 0 Å². The largest absolute Gasteiger partial charge is 0.339 e. The minimum absolute atomic E-state index is 0.0779. The number of hydrogen-bond acceptors (Lipinski definition) is 8. The second-order valence-corrected chi connectivity index (χ2v) is 10.7. The molecule has 0 radical (unpaired) electrons. The molecule has 168 valence electrons. The molecule has 3 heterocycles. The maximum absolute atomic E-state index is 13.0. The van der Waals surface area contributed by atoms with Gasteiger partial charge in [-0.3, -0.25) is 9.59 Å². The predicted molar refractivity (Wildman–Crippen MR) is 119 cm³/mol. The third kappa shape index (κ3) is 4.64. The van der Waals surface area contributed by atoms with Gasteiger partial charge in [-0.15, -0.1) is 11.3 Å². The number of benzene rings is 1. The van der Waals surface area contributed by atoms with Crippen molar-refractivity contribution in [2.45, 2.75) is 30.9 Å². The van der Waals surface area contributed by atoms with Crippen molar-refractivity contribution in [3.8, 4) is 11.4 Å². The van der Waals surface area contributed by atoms with Crippen LogP contribution in [0.2, 0.25) is 0 Å². The van der Waals surface area contributed by atoms with Crippen molar-refractivity contribution >= 4 is 38.7 Å². The van der Waals surface area contributed by atoms with Gasteiger partial charge in [-0.25, -0.2) is 8.42 Å². The van der Waals surface area contributed by atoms with Gasteiger partial charge in [-0.05, 0) is 38.0 Å². The molecule has 11 heteroatoms. The van der Waals surface area contributed by atoms with E-state index in [0.29, 0.717) is 41.4 Å². The highest BCUT2D eigenvalue weighted by atomic mass is 32.2. The Morgan fingerprint density at radius 2 is 1.97 bits per heavy atom. The van der Waals surface area contributed by atoms with Crippen LogP contribution in [-0.4, -0.2) is 47.6 Å². The van der Waals surface area contributed by atoms with Crippen LogP contribution < -0.4 is 5.32 Å². The standard InChI is InChI=1S/C21H22N4O5S2/c1-13(26)16-4-3-5-18(10-16)23-21(27)15-6-8-25(9-7-15)32(28,29)19-11-17(12-31-19)20-22-14(2)30-24-20/h3-5,10-12,15H,6-9H2,1-2H3,(H,23,27). The number of nitrogens with one attached hydrogen (secondary N) is 1. The number of Topliss-reactive ketones (excluding diaryl/α,β-unsaturated/α-hetero) is 1. The highest BCUT2D eigenvalue weighted by Crippen LogP contribution is 2.31. The molecule has 9 nitrogen and oxygen atoms in total. The van der Waals surface area contributed by atoms with Crippen LogP contribution in [-0.2, 0) is 14.8 Å². The first-order valence-corrected chi connectivity index (χ1v) is 12.4. The molecule has 4 rings (SSSR count). The molecule has 1 aliphatic heterocycles. The summed E-state index contributed by atoms with van der Waals surface area (Å²) >= 11 is 1.11. The minimum Gasteiger partial charge on any atom is -0.339 e. The number of thiophene rings is 1. The van der Waals surface area contributed by atoms with Gasteiger partial charge in [-0.2, -0.15) is 9.29 Å². The molecule has 1 aliphatic rings. The van der Waals surface area contributed by atoms with Crippen molar-refractivity contribution in [2.24, 2.45) is 5.92 Å². The molecule has 32 heavy (non-hydrogen) atoms. The molecule has 2 aromatic heterocycles. The Morgan fingerprint density at radius 1 is 1.22 bits per heavy atom. The smallest absolute Gasteiger partial charge is 0.252 e. The molecule has 1 amide bonds. The molecule has 0 saturated carbocycles. The lowest BCUT2D eigenvalue weighted by molar-refractivity contribution is -0.120. The fraction of sp³-hybridized carbons (Fsp3) is 0.333. The summed E-state index contributed by atoms with van der Waals surface area (Å²) in [5.41, 5.74) is 1.67. The number of carbonyl (C=O) groups is 2. The zero-order chi connectivity index (χ0) is 22.9. The lowest BCUT2D eigenvalue weighted by Gasteiger charge is -2.30. The lowest BCUT2D eigenvalue weighted by Crippen LogP contribution is -2.41. The van der Waals surface area contributed by atoms with Crippen LogP contribution >= 0.6 is 11.3 Å². The average Bonchev–Trinajstić information content (AvgIpc) is 3.43. The normalized spacial score (nSPS) is 15.6. The van der Waals surface area contributed by atoms with E-state index in [1.165, 1.54) is 11.2 Å². The first-order valence-electron chi connectivity index (χ1n) is 10.1. The van der Waals surface area contributed by atoms with Crippen molar-refractivity contribution in [1.82, 2.24) is 14.4 Å². The number of aryl methyl sites for hydroxylation is 1. The Labute approximate surface area is 189 Å². The summed E-state index contributed by atoms with van der Waals surface area (Å²) in [6, 6.07) is 8.32. The molecule has 1 N–H and O–H groups in total. The van der Waals surface area contributed by atoms with E-state index in [2.05, 4.69) is 15.5 Å². The van der Waals surface area contributed by atoms with Crippen molar-refractivity contribution in [3.05, 3.63) is 47.2 Å². The van der Waals surface area contributed by atoms with Crippen LogP contribution in [0, 0.1) is 12.8 Å². The molecule has 0 atom stereocenters. The van der Waals surface area contributed by atoms with Crippen LogP contribution in [0.3, 0.4) is 0 Å². The number of ketones is 1. The highest BCUT2D eigenvalue weighted by Gasteiger charge is 2.33. The van der Waals surface area contributed by atoms with Crippen molar-refractivity contribution in [3.63, 3.8) is 0 Å². The Morgan fingerprint density at radius 3 is 2.62 bits per heavy atom. The van der Waals surface area contributed by atoms with Gasteiger partial charge < -0.3 is 9.84 Å². The van der Waals surface area contributed by atoms with E-state index in [1.807, 2.05) is 0 Å². The van der Waals surface area contributed by atoms with Crippen molar-refractivity contribution in [2.75, 3.05) is 18.4 Å². The fourth-order valence-electron chi connectivity index (χ4n) is 3.53. The summed E-state index contributed by atoms with van der Waals surface area (Å²) in [6.45, 7) is 3.64. The van der Waals surface area contributed by atoms with E-state index in [-0.39, 0.29) is 34.9 Å². The van der Waals surface area contributed by atoms with Crippen LogP contribution in [0.15, 0.2) is 44.4 Å². The van der Waals surface area contributed by atoms with Gasteiger partial charge >= 0.3 is 0 Å². The minimum atomic E-state index is -3.67. The number of carbonyl (C=O) groups excluding carboxylic acids is 2. The van der Waals surface area contributed by atoms with Gasteiger partial charge in [-0.1, -0.05) is 17.3 Å². The second kappa shape index (κ2) is 8.93. The highest BCUT2D eigenvalue weighted by molar-refractivity contribution is 7.91. The lowest BCUT2D eigenvalue weighted by atomic mass is 9.97. The van der Waals surface area contributed by atoms with E-state index in [1.54, 1.807) is 42.6 Å². The molecule has 0 aliphatic carbocycles. The van der Waals surface area contributed by atoms with Crippen LogP contribution in [0.4, 0.5) is 5.69 Å². The summed E-state index contributed by atoms with van der Waals surface area (Å²) < 4.78 is 32.7. The Balaban J connectivity index is 1.38. The zero-order valence-corrected chi connectivity index (χ0v) is 19.2. The average molecular weight is 475 g/mol. The predicted octanol–water partition coefficient (Wildman–Crippen LogP) is 3.35. The number of hydrogen-bond donors (Lipinski definition) is 1. The number of piperidine rings is 1. The van der Waals surface area contributed by atoms with Crippen LogP contribution in [0.25, 0.3) is 11.4 Å². The summed E-state index contributed by atoms with van der Waals surface area (Å²) in [7, 11) is -3.67.